The second-order valence-electron chi connectivity index (χ2n) is 7.90. The molecule has 6 atom stereocenters. The van der Waals surface area contributed by atoms with E-state index in [1.165, 1.54) is 11.8 Å². The van der Waals surface area contributed by atoms with Crippen LogP contribution in [0.2, 0.25) is 0 Å². The summed E-state index contributed by atoms with van der Waals surface area (Å²) in [5.41, 5.74) is 10.8. The Morgan fingerprint density at radius 1 is 1.16 bits per heavy atom. The van der Waals surface area contributed by atoms with Crippen LogP contribution in [0.4, 0.5) is 0 Å². The average Bonchev–Trinajstić information content (AvgIpc) is 3.18. The van der Waals surface area contributed by atoms with Crippen molar-refractivity contribution >= 4 is 29.6 Å². The molecule has 0 aromatic heterocycles. The maximum absolute atomic E-state index is 13.0. The van der Waals surface area contributed by atoms with Crippen LogP contribution in [0, 0.1) is 5.92 Å². The number of nitrogens with one attached hydrogen (secondary N) is 2. The second kappa shape index (κ2) is 11.6. The molecule has 1 aliphatic rings. The third-order valence-electron chi connectivity index (χ3n) is 5.46. The van der Waals surface area contributed by atoms with Gasteiger partial charge in [0.15, 0.2) is 0 Å². The number of likely N-dealkylation sites (tertiary alicyclic amines) is 1. The number of rotatable bonds is 11. The normalized spacial score (nSPS) is 20.8. The summed E-state index contributed by atoms with van der Waals surface area (Å²) >= 11 is 0. The van der Waals surface area contributed by atoms with E-state index in [4.69, 9.17) is 11.5 Å². The predicted molar refractivity (Wildman–Crippen MR) is 109 cm³/mol. The Morgan fingerprint density at radius 2 is 1.77 bits per heavy atom. The molecular formula is C19H33N5O7. The van der Waals surface area contributed by atoms with E-state index >= 15 is 0 Å². The monoisotopic (exact) mass is 443 g/mol. The lowest BCUT2D eigenvalue weighted by atomic mass is 9.98. The molecule has 0 bridgehead atoms. The average molecular weight is 444 g/mol. The topological polar surface area (TPSA) is 205 Å². The van der Waals surface area contributed by atoms with Crippen LogP contribution in [0.25, 0.3) is 0 Å². The first kappa shape index (κ1) is 26.3. The van der Waals surface area contributed by atoms with Gasteiger partial charge in [-0.15, -0.1) is 0 Å². The molecule has 4 amide bonds. The number of aliphatic hydroxyl groups is 1. The number of nitrogens with zero attached hydrogens (tertiary/aromatic N) is 1. The SMILES string of the molecule is CCC(C)C(NC(=O)C1CCCN1C(=O)C(CC(N)=O)NC(=O)C(N)C(C)O)C(=O)O. The lowest BCUT2D eigenvalue weighted by Crippen LogP contribution is -2.58. The number of primary amides is 1. The van der Waals surface area contributed by atoms with Crippen LogP contribution >= 0.6 is 0 Å². The summed E-state index contributed by atoms with van der Waals surface area (Å²) in [6, 6.07) is -4.75. The van der Waals surface area contributed by atoms with Gasteiger partial charge in [-0.2, -0.15) is 0 Å². The number of aliphatic hydroxyl groups excluding tert-OH is 1. The van der Waals surface area contributed by atoms with Gasteiger partial charge in [-0.1, -0.05) is 20.3 Å². The fourth-order valence-corrected chi connectivity index (χ4v) is 3.32. The first-order valence-corrected chi connectivity index (χ1v) is 10.3. The first-order valence-electron chi connectivity index (χ1n) is 10.3. The minimum absolute atomic E-state index is 0.186. The number of aliphatic carboxylic acids is 1. The van der Waals surface area contributed by atoms with Crippen LogP contribution in [0.1, 0.15) is 46.5 Å². The van der Waals surface area contributed by atoms with Crippen LogP contribution in [0.15, 0.2) is 0 Å². The number of carbonyl (C=O) groups excluding carboxylic acids is 4. The van der Waals surface area contributed by atoms with E-state index in [0.29, 0.717) is 19.3 Å². The van der Waals surface area contributed by atoms with E-state index in [-0.39, 0.29) is 12.5 Å². The van der Waals surface area contributed by atoms with Crippen molar-refractivity contribution in [1.29, 1.82) is 0 Å². The fraction of sp³-hybridized carbons (Fsp3) is 0.737. The minimum Gasteiger partial charge on any atom is -0.480 e. The summed E-state index contributed by atoms with van der Waals surface area (Å²) in [7, 11) is 0. The van der Waals surface area contributed by atoms with Gasteiger partial charge in [0.25, 0.3) is 0 Å². The highest BCUT2D eigenvalue weighted by Crippen LogP contribution is 2.20. The predicted octanol–water partition coefficient (Wildman–Crippen LogP) is -2.34. The van der Waals surface area contributed by atoms with Crippen molar-refractivity contribution in [1.82, 2.24) is 15.5 Å². The van der Waals surface area contributed by atoms with Gasteiger partial charge in [-0.25, -0.2) is 4.79 Å². The van der Waals surface area contributed by atoms with E-state index in [0.717, 1.165) is 0 Å². The first-order chi connectivity index (χ1) is 14.4. The molecule has 0 aliphatic carbocycles. The molecule has 8 N–H and O–H groups in total. The molecular weight excluding hydrogens is 410 g/mol. The Labute approximate surface area is 180 Å². The van der Waals surface area contributed by atoms with E-state index in [2.05, 4.69) is 10.6 Å². The highest BCUT2D eigenvalue weighted by atomic mass is 16.4. The smallest absolute Gasteiger partial charge is 0.326 e. The zero-order valence-corrected chi connectivity index (χ0v) is 18.0. The van der Waals surface area contributed by atoms with Crippen molar-refractivity contribution in [3.63, 3.8) is 0 Å². The third kappa shape index (κ3) is 7.17. The summed E-state index contributed by atoms with van der Waals surface area (Å²) < 4.78 is 0. The molecule has 12 nitrogen and oxygen atoms in total. The summed E-state index contributed by atoms with van der Waals surface area (Å²) in [6.45, 7) is 4.98. The van der Waals surface area contributed by atoms with Crippen LogP contribution in [0.3, 0.4) is 0 Å². The van der Waals surface area contributed by atoms with Gasteiger partial charge in [0.1, 0.15) is 24.2 Å². The van der Waals surface area contributed by atoms with E-state index in [1.54, 1.807) is 13.8 Å². The molecule has 12 heteroatoms. The summed E-state index contributed by atoms with van der Waals surface area (Å²) in [5, 5.41) is 23.7. The van der Waals surface area contributed by atoms with Gasteiger partial charge in [0, 0.05) is 6.54 Å². The van der Waals surface area contributed by atoms with E-state index < -0.39 is 66.3 Å². The zero-order chi connectivity index (χ0) is 23.9. The van der Waals surface area contributed by atoms with Crippen molar-refractivity contribution in [2.75, 3.05) is 6.54 Å². The van der Waals surface area contributed by atoms with Crippen LogP contribution < -0.4 is 22.1 Å². The zero-order valence-electron chi connectivity index (χ0n) is 18.0. The highest BCUT2D eigenvalue weighted by Gasteiger charge is 2.40. The van der Waals surface area contributed by atoms with Gasteiger partial charge in [0.2, 0.25) is 23.6 Å². The quantitative estimate of drug-likeness (QED) is 0.203. The standard InChI is InChI=1S/C19H33N5O7/c1-4-9(2)15(19(30)31)23-16(27)12-6-5-7-24(12)18(29)11(8-13(20)26)22-17(28)14(21)10(3)25/h9-12,14-15,25H,4-8,21H2,1-3H3,(H2,20,26)(H,22,28)(H,23,27)(H,30,31). The Morgan fingerprint density at radius 3 is 2.26 bits per heavy atom. The number of amides is 4. The molecule has 176 valence electrons. The van der Waals surface area contributed by atoms with Crippen LogP contribution in [0.5, 0.6) is 0 Å². The maximum Gasteiger partial charge on any atom is 0.326 e. The minimum atomic E-state index is -1.37. The number of nitrogens with two attached hydrogens (primary N) is 2. The molecule has 1 aliphatic heterocycles. The van der Waals surface area contributed by atoms with E-state index in [9.17, 15) is 34.2 Å². The Balaban J connectivity index is 3.00. The van der Waals surface area contributed by atoms with Gasteiger partial charge < -0.3 is 37.2 Å². The van der Waals surface area contributed by atoms with Crippen LogP contribution in [-0.4, -0.2) is 81.5 Å². The van der Waals surface area contributed by atoms with Gasteiger partial charge in [0.05, 0.1) is 12.5 Å². The lowest BCUT2D eigenvalue weighted by molar-refractivity contribution is -0.146. The molecule has 1 heterocycles. The fourth-order valence-electron chi connectivity index (χ4n) is 3.32. The molecule has 0 radical (unpaired) electrons. The molecule has 0 aromatic carbocycles. The lowest BCUT2D eigenvalue weighted by Gasteiger charge is -2.30. The van der Waals surface area contributed by atoms with Crippen molar-refractivity contribution < 1.29 is 34.2 Å². The molecule has 1 saturated heterocycles. The molecule has 6 unspecified atom stereocenters. The van der Waals surface area contributed by atoms with E-state index in [1.807, 2.05) is 0 Å². The molecule has 1 fully saturated rings. The molecule has 0 saturated carbocycles. The van der Waals surface area contributed by atoms with Crippen molar-refractivity contribution in [2.45, 2.75) is 76.7 Å². The largest absolute Gasteiger partial charge is 0.480 e. The van der Waals surface area contributed by atoms with Gasteiger partial charge in [-0.3, -0.25) is 19.2 Å². The molecule has 0 aromatic rings. The highest BCUT2D eigenvalue weighted by molar-refractivity contribution is 5.96. The Bertz CT molecular complexity index is 699. The second-order valence-corrected chi connectivity index (χ2v) is 7.90. The van der Waals surface area contributed by atoms with Crippen LogP contribution in [-0.2, 0) is 24.0 Å². The Kier molecular flexibility index (Phi) is 9.85. The van der Waals surface area contributed by atoms with Gasteiger partial charge >= 0.3 is 5.97 Å². The summed E-state index contributed by atoms with van der Waals surface area (Å²) in [4.78, 5) is 62.1. The molecule has 1 rings (SSSR count). The van der Waals surface area contributed by atoms with Gasteiger partial charge in [-0.05, 0) is 25.7 Å². The number of hydrogen-bond acceptors (Lipinski definition) is 7. The molecule has 31 heavy (non-hydrogen) atoms. The van der Waals surface area contributed by atoms with Crippen molar-refractivity contribution in [3.8, 4) is 0 Å². The number of carbonyl (C=O) groups is 5. The summed E-state index contributed by atoms with van der Waals surface area (Å²) in [5.74, 6) is -4.54. The number of carboxylic acid groups (broad SMARTS) is 1. The molecule has 0 spiro atoms. The third-order valence-corrected chi connectivity index (χ3v) is 5.46. The van der Waals surface area contributed by atoms with Crippen molar-refractivity contribution in [2.24, 2.45) is 17.4 Å². The van der Waals surface area contributed by atoms with Crippen molar-refractivity contribution in [3.05, 3.63) is 0 Å². The summed E-state index contributed by atoms with van der Waals surface area (Å²) in [6.07, 6.45) is -0.402. The maximum atomic E-state index is 13.0. The number of hydrogen-bond donors (Lipinski definition) is 6. The Hall–Kier alpha value is -2.73. The number of carboxylic acids is 1.